The fourth-order valence-corrected chi connectivity index (χ4v) is 8.25. The average Bonchev–Trinajstić information content (AvgIpc) is 3.66. The Balaban J connectivity index is 1.14. The molecular formula is C51H31N3O. The topological polar surface area (TPSA) is 51.8 Å². The van der Waals surface area contributed by atoms with Crippen molar-refractivity contribution < 1.29 is 4.42 Å². The summed E-state index contributed by atoms with van der Waals surface area (Å²) in [6.45, 7) is 0. The van der Waals surface area contributed by atoms with E-state index in [2.05, 4.69) is 127 Å². The van der Waals surface area contributed by atoms with E-state index in [4.69, 9.17) is 19.4 Å². The van der Waals surface area contributed by atoms with Gasteiger partial charge >= 0.3 is 0 Å². The van der Waals surface area contributed by atoms with Crippen LogP contribution in [0.4, 0.5) is 0 Å². The van der Waals surface area contributed by atoms with Gasteiger partial charge < -0.3 is 4.42 Å². The molecule has 0 spiro atoms. The molecule has 0 fully saturated rings. The van der Waals surface area contributed by atoms with Crippen molar-refractivity contribution in [2.75, 3.05) is 0 Å². The molecule has 9 aromatic carbocycles. The Bertz CT molecular complexity index is 3170. The number of nitrogens with zero attached hydrogens (tertiary/aromatic N) is 3. The van der Waals surface area contributed by atoms with E-state index in [0.717, 1.165) is 66.3 Å². The Morgan fingerprint density at radius 3 is 1.25 bits per heavy atom. The molecule has 0 unspecified atom stereocenters. The lowest BCUT2D eigenvalue weighted by atomic mass is 9.90. The van der Waals surface area contributed by atoms with Crippen LogP contribution in [0.1, 0.15) is 0 Å². The molecule has 0 N–H and O–H groups in total. The molecule has 0 saturated carbocycles. The van der Waals surface area contributed by atoms with Crippen LogP contribution in [0.2, 0.25) is 0 Å². The van der Waals surface area contributed by atoms with Crippen LogP contribution in [-0.4, -0.2) is 15.0 Å². The largest absolute Gasteiger partial charge is 0.455 e. The maximum atomic E-state index is 7.11. The molecule has 0 bridgehead atoms. The van der Waals surface area contributed by atoms with E-state index in [0.29, 0.717) is 17.5 Å². The molecule has 0 atom stereocenters. The fourth-order valence-electron chi connectivity index (χ4n) is 8.25. The minimum Gasteiger partial charge on any atom is -0.455 e. The highest BCUT2D eigenvalue weighted by atomic mass is 16.3. The summed E-state index contributed by atoms with van der Waals surface area (Å²) in [5.74, 6) is 1.88. The Morgan fingerprint density at radius 1 is 0.255 bits per heavy atom. The van der Waals surface area contributed by atoms with Crippen molar-refractivity contribution in [1.29, 1.82) is 0 Å². The lowest BCUT2D eigenvalue weighted by Gasteiger charge is -2.15. The quantitative estimate of drug-likeness (QED) is 0.168. The maximum Gasteiger partial charge on any atom is 0.164 e. The molecular weight excluding hydrogens is 671 g/mol. The number of rotatable bonds is 5. The number of para-hydroxylation sites is 1. The highest BCUT2D eigenvalue weighted by molar-refractivity contribution is 6.32. The van der Waals surface area contributed by atoms with Gasteiger partial charge in [0.2, 0.25) is 0 Å². The Kier molecular flexibility index (Phi) is 7.14. The molecule has 11 aromatic rings. The summed E-state index contributed by atoms with van der Waals surface area (Å²) >= 11 is 0. The monoisotopic (exact) mass is 701 g/mol. The lowest BCUT2D eigenvalue weighted by Crippen LogP contribution is -2.01. The summed E-state index contributed by atoms with van der Waals surface area (Å²) in [5, 5.41) is 9.43. The summed E-state index contributed by atoms with van der Waals surface area (Å²) in [5.41, 5.74) is 8.76. The van der Waals surface area contributed by atoms with Gasteiger partial charge in [-0.25, -0.2) is 15.0 Å². The van der Waals surface area contributed by atoms with Gasteiger partial charge in [-0.1, -0.05) is 182 Å². The standard InChI is InChI=1S/C51H31N3O/c1-3-16-32(17-4-1)49-52-50(33-18-5-2-6-19-33)54-51(53-49)45-27-14-12-25-39(45)35-21-8-10-24-38(35)42-28-15-29-43-44-31-30-41-37-23-9-7-20-34(37)36-22-11-13-26-40(36)46(41)48(44)55-47(42)43/h1-31H. The Labute approximate surface area is 317 Å². The molecule has 4 nitrogen and oxygen atoms in total. The molecule has 0 saturated heterocycles. The van der Waals surface area contributed by atoms with Crippen molar-refractivity contribution in [1.82, 2.24) is 15.0 Å². The van der Waals surface area contributed by atoms with E-state index in [9.17, 15) is 0 Å². The average molecular weight is 702 g/mol. The lowest BCUT2D eigenvalue weighted by molar-refractivity contribution is 0.674. The molecule has 0 radical (unpaired) electrons. The van der Waals surface area contributed by atoms with E-state index in [1.165, 1.54) is 26.9 Å². The highest BCUT2D eigenvalue weighted by Gasteiger charge is 2.21. The third-order valence-corrected chi connectivity index (χ3v) is 10.7. The van der Waals surface area contributed by atoms with Gasteiger partial charge in [-0.15, -0.1) is 0 Å². The molecule has 2 heterocycles. The molecule has 0 amide bonds. The van der Waals surface area contributed by atoms with E-state index >= 15 is 0 Å². The molecule has 4 heteroatoms. The van der Waals surface area contributed by atoms with Gasteiger partial charge in [0.05, 0.1) is 0 Å². The van der Waals surface area contributed by atoms with Gasteiger partial charge in [0.15, 0.2) is 17.5 Å². The second-order valence-electron chi connectivity index (χ2n) is 13.9. The third-order valence-electron chi connectivity index (χ3n) is 10.7. The van der Waals surface area contributed by atoms with Crippen LogP contribution in [0, 0.1) is 0 Å². The van der Waals surface area contributed by atoms with Gasteiger partial charge in [0.1, 0.15) is 11.2 Å². The first-order chi connectivity index (χ1) is 27.3. The SMILES string of the molecule is c1ccc(-c2nc(-c3ccccc3)nc(-c3ccccc3-c3ccccc3-c3cccc4c3oc3c4ccc4c5ccccc5c5ccccc5c43)n2)cc1. The number of fused-ring (bicyclic) bond motifs is 10. The van der Waals surface area contributed by atoms with Crippen LogP contribution in [0.25, 0.3) is 111 Å². The fraction of sp³-hybridized carbons (Fsp3) is 0. The van der Waals surface area contributed by atoms with Crippen LogP contribution in [-0.2, 0) is 0 Å². The van der Waals surface area contributed by atoms with Crippen molar-refractivity contribution in [3.05, 3.63) is 188 Å². The number of aromatic nitrogens is 3. The minimum atomic E-state index is 0.616. The molecule has 0 aliphatic rings. The minimum absolute atomic E-state index is 0.616. The van der Waals surface area contributed by atoms with Gasteiger partial charge in [0.25, 0.3) is 0 Å². The zero-order chi connectivity index (χ0) is 36.3. The Morgan fingerprint density at radius 2 is 0.636 bits per heavy atom. The summed E-state index contributed by atoms with van der Waals surface area (Å²) in [4.78, 5) is 15.1. The van der Waals surface area contributed by atoms with E-state index in [1.807, 2.05) is 60.7 Å². The predicted molar refractivity (Wildman–Crippen MR) is 227 cm³/mol. The number of benzene rings is 9. The first kappa shape index (κ1) is 31.1. The first-order valence-electron chi connectivity index (χ1n) is 18.5. The van der Waals surface area contributed by atoms with Gasteiger partial charge in [-0.05, 0) is 49.7 Å². The molecule has 11 rings (SSSR count). The van der Waals surface area contributed by atoms with E-state index in [1.54, 1.807) is 0 Å². The summed E-state index contributed by atoms with van der Waals surface area (Å²) in [6, 6.07) is 65.5. The zero-order valence-corrected chi connectivity index (χ0v) is 29.6. The number of hydrogen-bond acceptors (Lipinski definition) is 4. The van der Waals surface area contributed by atoms with Crippen LogP contribution in [0.3, 0.4) is 0 Å². The zero-order valence-electron chi connectivity index (χ0n) is 29.6. The van der Waals surface area contributed by atoms with Gasteiger partial charge in [-0.3, -0.25) is 0 Å². The normalized spacial score (nSPS) is 11.6. The second kappa shape index (κ2) is 12.6. The summed E-state index contributed by atoms with van der Waals surface area (Å²) in [7, 11) is 0. The second-order valence-corrected chi connectivity index (χ2v) is 13.9. The van der Waals surface area contributed by atoms with Gasteiger partial charge in [-0.2, -0.15) is 0 Å². The molecule has 2 aromatic heterocycles. The van der Waals surface area contributed by atoms with Crippen molar-refractivity contribution in [2.45, 2.75) is 0 Å². The number of hydrogen-bond donors (Lipinski definition) is 0. The predicted octanol–water partition coefficient (Wildman–Crippen LogP) is 13.6. The number of furan rings is 1. The molecule has 0 aliphatic heterocycles. The highest BCUT2D eigenvalue weighted by Crippen LogP contribution is 2.45. The van der Waals surface area contributed by atoms with Crippen LogP contribution in [0.5, 0.6) is 0 Å². The van der Waals surface area contributed by atoms with Crippen molar-refractivity contribution in [2.24, 2.45) is 0 Å². The molecule has 55 heavy (non-hydrogen) atoms. The smallest absolute Gasteiger partial charge is 0.164 e. The van der Waals surface area contributed by atoms with E-state index in [-0.39, 0.29) is 0 Å². The Hall–Kier alpha value is -7.43. The van der Waals surface area contributed by atoms with Gasteiger partial charge in [0, 0.05) is 38.4 Å². The molecule has 0 aliphatic carbocycles. The molecule has 256 valence electrons. The third kappa shape index (κ3) is 5.03. The van der Waals surface area contributed by atoms with Crippen LogP contribution >= 0.6 is 0 Å². The maximum absolute atomic E-state index is 7.11. The first-order valence-corrected chi connectivity index (χ1v) is 18.5. The van der Waals surface area contributed by atoms with Crippen LogP contribution < -0.4 is 0 Å². The van der Waals surface area contributed by atoms with Crippen molar-refractivity contribution in [3.8, 4) is 56.4 Å². The van der Waals surface area contributed by atoms with Crippen molar-refractivity contribution >= 4 is 54.3 Å². The van der Waals surface area contributed by atoms with Crippen molar-refractivity contribution in [3.63, 3.8) is 0 Å². The summed E-state index contributed by atoms with van der Waals surface area (Å²) < 4.78 is 7.11. The summed E-state index contributed by atoms with van der Waals surface area (Å²) in [6.07, 6.45) is 0. The van der Waals surface area contributed by atoms with E-state index < -0.39 is 0 Å². The van der Waals surface area contributed by atoms with Crippen LogP contribution in [0.15, 0.2) is 192 Å².